The van der Waals surface area contributed by atoms with Crippen molar-refractivity contribution in [3.8, 4) is 0 Å². The number of hydrogen-bond acceptors (Lipinski definition) is 5. The predicted molar refractivity (Wildman–Crippen MR) is 115 cm³/mol. The molecule has 1 aromatic heterocycles. The van der Waals surface area contributed by atoms with E-state index >= 15 is 0 Å². The monoisotopic (exact) mass is 448 g/mol. The maximum Gasteiger partial charge on any atom is 0.223 e. The van der Waals surface area contributed by atoms with Crippen LogP contribution in [0.15, 0.2) is 18.2 Å². The molecule has 2 aromatic rings. The van der Waals surface area contributed by atoms with E-state index in [1.165, 1.54) is 12.1 Å². The number of amides is 2. The van der Waals surface area contributed by atoms with Crippen LogP contribution in [0, 0.1) is 17.6 Å². The van der Waals surface area contributed by atoms with Crippen molar-refractivity contribution in [3.63, 3.8) is 0 Å². The molecule has 2 heterocycles. The zero-order valence-corrected chi connectivity index (χ0v) is 18.3. The second-order valence-electron chi connectivity index (χ2n) is 7.98. The molecule has 0 spiro atoms. The summed E-state index contributed by atoms with van der Waals surface area (Å²) in [6, 6.07) is 3.37. The van der Waals surface area contributed by atoms with E-state index in [0.29, 0.717) is 32.4 Å². The third kappa shape index (κ3) is 4.87. The Kier molecular flexibility index (Phi) is 6.50. The summed E-state index contributed by atoms with van der Waals surface area (Å²) in [6.45, 7) is 4.88. The highest BCUT2D eigenvalue weighted by atomic mass is 32.1. The third-order valence-electron chi connectivity index (χ3n) is 5.97. The first-order chi connectivity index (χ1) is 14.9. The fraction of sp³-hybridized carbons (Fsp3) is 0.500. The lowest BCUT2D eigenvalue weighted by Crippen LogP contribution is -2.48. The van der Waals surface area contributed by atoms with Crippen LogP contribution in [-0.2, 0) is 29.0 Å². The van der Waals surface area contributed by atoms with Crippen molar-refractivity contribution < 1.29 is 18.4 Å². The third-order valence-corrected chi connectivity index (χ3v) is 7.15. The van der Waals surface area contributed by atoms with E-state index in [1.54, 1.807) is 11.3 Å². The van der Waals surface area contributed by atoms with E-state index in [9.17, 15) is 18.4 Å². The lowest BCUT2D eigenvalue weighted by atomic mass is 9.90. The van der Waals surface area contributed by atoms with Crippen molar-refractivity contribution in [1.82, 2.24) is 15.2 Å². The number of halogens is 2. The Labute approximate surface area is 184 Å². The van der Waals surface area contributed by atoms with Crippen molar-refractivity contribution >= 4 is 28.3 Å². The highest BCUT2D eigenvalue weighted by Crippen LogP contribution is 2.34. The Bertz CT molecular complexity index is 972. The second-order valence-corrected chi connectivity index (χ2v) is 9.04. The predicted octanol–water partition coefficient (Wildman–Crippen LogP) is 2.90. The van der Waals surface area contributed by atoms with E-state index in [4.69, 9.17) is 4.98 Å². The summed E-state index contributed by atoms with van der Waals surface area (Å²) < 4.78 is 26.8. The number of aryl methyl sites for hydroxylation is 1. The number of carbonyl (C=O) groups is 2. The molecule has 0 unspecified atom stereocenters. The topological polar surface area (TPSA) is 65.5 Å². The minimum atomic E-state index is -0.654. The maximum absolute atomic E-state index is 13.8. The zero-order chi connectivity index (χ0) is 22.0. The van der Waals surface area contributed by atoms with E-state index in [0.717, 1.165) is 41.3 Å². The maximum atomic E-state index is 13.8. The van der Waals surface area contributed by atoms with Gasteiger partial charge in [0.2, 0.25) is 11.8 Å². The average Bonchev–Trinajstić information content (AvgIpc) is 3.21. The first kappa shape index (κ1) is 21.7. The second kappa shape index (κ2) is 9.30. The van der Waals surface area contributed by atoms with Gasteiger partial charge in [0, 0.05) is 61.6 Å². The molecule has 2 amide bonds. The van der Waals surface area contributed by atoms with E-state index in [1.807, 2.05) is 11.8 Å². The van der Waals surface area contributed by atoms with Gasteiger partial charge in [0.15, 0.2) is 5.13 Å². The van der Waals surface area contributed by atoms with Gasteiger partial charge in [-0.1, -0.05) is 13.0 Å². The molecular weight excluding hydrogens is 422 g/mol. The first-order valence-corrected chi connectivity index (χ1v) is 11.5. The highest BCUT2D eigenvalue weighted by Gasteiger charge is 2.29. The van der Waals surface area contributed by atoms with Crippen molar-refractivity contribution in [2.24, 2.45) is 5.92 Å². The molecule has 6 nitrogen and oxygen atoms in total. The molecule has 1 aromatic carbocycles. The molecule has 0 radical (unpaired) electrons. The van der Waals surface area contributed by atoms with Crippen LogP contribution in [0.25, 0.3) is 0 Å². The van der Waals surface area contributed by atoms with Crippen LogP contribution < -0.4 is 10.2 Å². The number of nitrogens with zero attached hydrogens (tertiary/aromatic N) is 3. The standard InChI is InChI=1S/C22H26F2N4O2S/c1-2-20(29)27-7-9-28(10-8-27)22-26-18-6-4-14(11-19(18)31-22)21(30)25-13-15-3-5-16(23)12-17(15)24/h3,5,12,14H,2,4,6-11,13H2,1H3,(H,25,30)/t14-/m0/s1. The molecule has 2 aliphatic rings. The number of nitrogens with one attached hydrogen (secondary N) is 1. The van der Waals surface area contributed by atoms with Gasteiger partial charge in [-0.15, -0.1) is 11.3 Å². The van der Waals surface area contributed by atoms with Gasteiger partial charge in [-0.3, -0.25) is 9.59 Å². The van der Waals surface area contributed by atoms with Crippen LogP contribution in [0.1, 0.15) is 35.9 Å². The minimum Gasteiger partial charge on any atom is -0.352 e. The van der Waals surface area contributed by atoms with Crippen LogP contribution in [-0.4, -0.2) is 47.9 Å². The average molecular weight is 449 g/mol. The van der Waals surface area contributed by atoms with Crippen LogP contribution >= 0.6 is 11.3 Å². The van der Waals surface area contributed by atoms with Crippen LogP contribution in [0.2, 0.25) is 0 Å². The van der Waals surface area contributed by atoms with Crippen LogP contribution in [0.4, 0.5) is 13.9 Å². The van der Waals surface area contributed by atoms with Crippen molar-refractivity contribution in [2.45, 2.75) is 39.2 Å². The van der Waals surface area contributed by atoms with Crippen molar-refractivity contribution in [2.75, 3.05) is 31.1 Å². The Morgan fingerprint density at radius 1 is 1.23 bits per heavy atom. The molecule has 1 aliphatic heterocycles. The Hall–Kier alpha value is -2.55. The van der Waals surface area contributed by atoms with Crippen LogP contribution in [0.5, 0.6) is 0 Å². The number of fused-ring (bicyclic) bond motifs is 1. The largest absolute Gasteiger partial charge is 0.352 e. The quantitative estimate of drug-likeness (QED) is 0.764. The summed E-state index contributed by atoms with van der Waals surface area (Å²) in [7, 11) is 0. The Morgan fingerprint density at radius 2 is 2.00 bits per heavy atom. The number of anilines is 1. The van der Waals surface area contributed by atoms with Gasteiger partial charge >= 0.3 is 0 Å². The van der Waals surface area contributed by atoms with Gasteiger partial charge in [0.05, 0.1) is 5.69 Å². The van der Waals surface area contributed by atoms with Crippen molar-refractivity contribution in [3.05, 3.63) is 46.0 Å². The normalized spacial score (nSPS) is 18.6. The molecule has 166 valence electrons. The molecule has 31 heavy (non-hydrogen) atoms. The van der Waals surface area contributed by atoms with Gasteiger partial charge in [-0.25, -0.2) is 13.8 Å². The lowest BCUT2D eigenvalue weighted by molar-refractivity contribution is -0.131. The van der Waals surface area contributed by atoms with E-state index in [2.05, 4.69) is 10.2 Å². The molecule has 1 atom stereocenters. The number of benzene rings is 1. The number of carbonyl (C=O) groups excluding carboxylic acids is 2. The molecular formula is C22H26F2N4O2S. The smallest absolute Gasteiger partial charge is 0.223 e. The SMILES string of the molecule is CCC(=O)N1CCN(c2nc3c(s2)C[C@@H](C(=O)NCc2ccc(F)cc2F)CC3)CC1. The summed E-state index contributed by atoms with van der Waals surface area (Å²) in [5.41, 5.74) is 1.33. The summed E-state index contributed by atoms with van der Waals surface area (Å²) in [5, 5.41) is 3.75. The molecule has 0 bridgehead atoms. The molecule has 1 N–H and O–H groups in total. The minimum absolute atomic E-state index is 0.0446. The molecule has 9 heteroatoms. The van der Waals surface area contributed by atoms with Gasteiger partial charge in [0.1, 0.15) is 11.6 Å². The zero-order valence-electron chi connectivity index (χ0n) is 17.5. The number of rotatable bonds is 5. The number of aromatic nitrogens is 1. The fourth-order valence-corrected chi connectivity index (χ4v) is 5.32. The molecule has 4 rings (SSSR count). The lowest BCUT2D eigenvalue weighted by Gasteiger charge is -2.34. The number of piperazine rings is 1. The van der Waals surface area contributed by atoms with Crippen LogP contribution in [0.3, 0.4) is 0 Å². The van der Waals surface area contributed by atoms with Gasteiger partial charge < -0.3 is 15.1 Å². The summed E-state index contributed by atoms with van der Waals surface area (Å²) in [5.74, 6) is -1.39. The van der Waals surface area contributed by atoms with Gasteiger partial charge in [-0.2, -0.15) is 0 Å². The molecule has 1 fully saturated rings. The molecule has 0 saturated carbocycles. The summed E-state index contributed by atoms with van der Waals surface area (Å²) in [6.07, 6.45) is 2.59. The van der Waals surface area contributed by atoms with E-state index in [-0.39, 0.29) is 29.8 Å². The van der Waals surface area contributed by atoms with E-state index < -0.39 is 11.6 Å². The molecule has 1 aliphatic carbocycles. The Balaban J connectivity index is 1.33. The Morgan fingerprint density at radius 3 is 2.71 bits per heavy atom. The highest BCUT2D eigenvalue weighted by molar-refractivity contribution is 7.15. The number of thiazole rings is 1. The van der Waals surface area contributed by atoms with Crippen molar-refractivity contribution in [1.29, 1.82) is 0 Å². The molecule has 1 saturated heterocycles. The first-order valence-electron chi connectivity index (χ1n) is 10.7. The van der Waals surface area contributed by atoms with Gasteiger partial charge in [-0.05, 0) is 25.3 Å². The number of hydrogen-bond donors (Lipinski definition) is 1. The van der Waals surface area contributed by atoms with Gasteiger partial charge in [0.25, 0.3) is 0 Å². The fourth-order valence-electron chi connectivity index (χ4n) is 4.08. The summed E-state index contributed by atoms with van der Waals surface area (Å²) >= 11 is 1.63. The summed E-state index contributed by atoms with van der Waals surface area (Å²) in [4.78, 5) is 34.5.